The normalized spacial score (nSPS) is 24.7. The zero-order chi connectivity index (χ0) is 25.4. The topological polar surface area (TPSA) is 119 Å². The van der Waals surface area contributed by atoms with Crippen LogP contribution >= 0.6 is 11.8 Å². The molecule has 0 aliphatic carbocycles. The molecule has 10 heteroatoms. The van der Waals surface area contributed by atoms with Gasteiger partial charge in [-0.2, -0.15) is 5.26 Å². The molecule has 8 nitrogen and oxygen atoms in total. The maximum atomic E-state index is 14.0. The minimum Gasteiger partial charge on any atom is -0.496 e. The number of benzene rings is 2. The summed E-state index contributed by atoms with van der Waals surface area (Å²) < 4.78 is 44.1. The number of sulfone groups is 1. The molecule has 0 saturated carbocycles. The lowest BCUT2D eigenvalue weighted by molar-refractivity contribution is 0.241. The summed E-state index contributed by atoms with van der Waals surface area (Å²) in [6.07, 6.45) is 3.13. The van der Waals surface area contributed by atoms with Crippen LogP contribution in [-0.4, -0.2) is 45.7 Å². The van der Waals surface area contributed by atoms with Gasteiger partial charge >= 0.3 is 0 Å². The number of ether oxygens (including phenoxy) is 2. The summed E-state index contributed by atoms with van der Waals surface area (Å²) in [6, 6.07) is 9.55. The second kappa shape index (κ2) is 8.20. The predicted octanol–water partition coefficient (Wildman–Crippen LogP) is 3.86. The summed E-state index contributed by atoms with van der Waals surface area (Å²) in [7, 11) is 1.38. The molecule has 4 heterocycles. The van der Waals surface area contributed by atoms with Gasteiger partial charge in [-0.05, 0) is 48.7 Å². The van der Waals surface area contributed by atoms with Crippen LogP contribution in [0.1, 0.15) is 34.2 Å². The van der Waals surface area contributed by atoms with Crippen molar-refractivity contribution in [1.29, 1.82) is 5.26 Å². The van der Waals surface area contributed by atoms with E-state index < -0.39 is 20.3 Å². The first kappa shape index (κ1) is 23.3. The van der Waals surface area contributed by atoms with Crippen LogP contribution in [0.15, 0.2) is 50.4 Å². The molecule has 36 heavy (non-hydrogen) atoms. The largest absolute Gasteiger partial charge is 0.496 e. The van der Waals surface area contributed by atoms with E-state index in [9.17, 15) is 13.7 Å². The van der Waals surface area contributed by atoms with Gasteiger partial charge in [0.25, 0.3) is 0 Å². The SMILES string of the molecule is COc1ccc(C2Cc3ccc(OC)c4occ(c34)CCN2C)c2c1C1C(C#N)=C(N)SC1S2(=O)=O. The summed E-state index contributed by atoms with van der Waals surface area (Å²) >= 11 is 1.06. The first-order chi connectivity index (χ1) is 17.3. The quantitative estimate of drug-likeness (QED) is 0.546. The second-order valence-corrected chi connectivity index (χ2v) is 12.8. The Morgan fingerprint density at radius 3 is 2.64 bits per heavy atom. The Morgan fingerprint density at radius 2 is 1.92 bits per heavy atom. The van der Waals surface area contributed by atoms with Crippen molar-refractivity contribution in [3.05, 3.63) is 63.4 Å². The molecule has 6 rings (SSSR count). The molecule has 3 aliphatic heterocycles. The fourth-order valence-corrected chi connectivity index (χ4v) is 9.90. The summed E-state index contributed by atoms with van der Waals surface area (Å²) in [6.45, 7) is 0.717. The fraction of sp³-hybridized carbons (Fsp3) is 0.346. The van der Waals surface area contributed by atoms with Crippen molar-refractivity contribution in [2.45, 2.75) is 34.3 Å². The van der Waals surface area contributed by atoms with Crippen molar-refractivity contribution < 1.29 is 22.3 Å². The minimum absolute atomic E-state index is 0.213. The number of likely N-dealkylation sites (N-methyl/N-ethyl adjacent to an activating group) is 1. The van der Waals surface area contributed by atoms with Gasteiger partial charge in [0.05, 0.1) is 48.0 Å². The van der Waals surface area contributed by atoms with E-state index >= 15 is 0 Å². The fourth-order valence-electron chi connectivity index (χ4n) is 5.90. The average molecular weight is 524 g/mol. The molecule has 0 radical (unpaired) electrons. The molecule has 0 amide bonds. The van der Waals surface area contributed by atoms with E-state index in [1.54, 1.807) is 13.4 Å². The Hall–Kier alpha value is -3.13. The van der Waals surface area contributed by atoms with E-state index in [-0.39, 0.29) is 16.0 Å². The number of hydrogen-bond donors (Lipinski definition) is 1. The zero-order valence-corrected chi connectivity index (χ0v) is 21.7. The van der Waals surface area contributed by atoms with Crippen LogP contribution in [0.3, 0.4) is 0 Å². The van der Waals surface area contributed by atoms with Gasteiger partial charge in [-0.1, -0.05) is 23.9 Å². The van der Waals surface area contributed by atoms with Gasteiger partial charge in [0.15, 0.2) is 21.2 Å². The van der Waals surface area contributed by atoms with Gasteiger partial charge in [0, 0.05) is 23.5 Å². The number of hydrogen-bond acceptors (Lipinski definition) is 9. The lowest BCUT2D eigenvalue weighted by Gasteiger charge is -2.32. The van der Waals surface area contributed by atoms with Crippen LogP contribution in [0, 0.1) is 11.3 Å². The molecule has 3 aromatic rings. The van der Waals surface area contributed by atoms with Crippen LogP contribution < -0.4 is 15.2 Å². The van der Waals surface area contributed by atoms with E-state index in [1.807, 2.05) is 31.3 Å². The van der Waals surface area contributed by atoms with Gasteiger partial charge in [-0.25, -0.2) is 8.42 Å². The number of methoxy groups -OCH3 is 2. The number of nitrogens with two attached hydrogens (primary N) is 1. The Morgan fingerprint density at radius 1 is 1.17 bits per heavy atom. The third kappa shape index (κ3) is 3.06. The van der Waals surface area contributed by atoms with Gasteiger partial charge in [-0.15, -0.1) is 0 Å². The average Bonchev–Trinajstić information content (AvgIpc) is 3.50. The van der Waals surface area contributed by atoms with Crippen LogP contribution in [0.5, 0.6) is 11.5 Å². The highest BCUT2D eigenvalue weighted by Gasteiger charge is 2.55. The molecule has 2 N–H and O–H groups in total. The number of nitriles is 1. The van der Waals surface area contributed by atoms with Crippen LogP contribution in [0.2, 0.25) is 0 Å². The van der Waals surface area contributed by atoms with Gasteiger partial charge in [0.2, 0.25) is 0 Å². The second-order valence-electron chi connectivity index (χ2n) is 9.34. The molecule has 3 aliphatic rings. The molecule has 0 spiro atoms. The van der Waals surface area contributed by atoms with Crippen molar-refractivity contribution in [3.63, 3.8) is 0 Å². The third-order valence-corrected chi connectivity index (χ3v) is 11.6. The predicted molar refractivity (Wildman–Crippen MR) is 137 cm³/mol. The highest BCUT2D eigenvalue weighted by molar-refractivity contribution is 8.16. The van der Waals surface area contributed by atoms with Crippen molar-refractivity contribution in [1.82, 2.24) is 4.90 Å². The molecule has 3 unspecified atom stereocenters. The molecule has 186 valence electrons. The monoisotopic (exact) mass is 523 g/mol. The number of allylic oxidation sites excluding steroid dienone is 1. The van der Waals surface area contributed by atoms with Crippen molar-refractivity contribution >= 4 is 32.6 Å². The molecular formula is C26H25N3O5S2. The Kier molecular flexibility index (Phi) is 5.30. The number of nitrogens with zero attached hydrogens (tertiary/aromatic N) is 2. The molecule has 1 aromatic heterocycles. The van der Waals surface area contributed by atoms with E-state index in [2.05, 4.69) is 11.0 Å². The van der Waals surface area contributed by atoms with Crippen molar-refractivity contribution in [2.75, 3.05) is 27.8 Å². The number of furan rings is 1. The lowest BCUT2D eigenvalue weighted by Crippen LogP contribution is -2.31. The molecular weight excluding hydrogens is 498 g/mol. The van der Waals surface area contributed by atoms with Crippen LogP contribution in [-0.2, 0) is 22.7 Å². The van der Waals surface area contributed by atoms with Crippen LogP contribution in [0.4, 0.5) is 0 Å². The maximum Gasteiger partial charge on any atom is 0.192 e. The molecule has 2 aromatic carbocycles. The Balaban J connectivity index is 1.56. The Bertz CT molecular complexity index is 1600. The minimum atomic E-state index is -3.78. The first-order valence-electron chi connectivity index (χ1n) is 11.6. The Labute approximate surface area is 213 Å². The summed E-state index contributed by atoms with van der Waals surface area (Å²) in [5.74, 6) is 0.504. The highest BCUT2D eigenvalue weighted by atomic mass is 32.3. The van der Waals surface area contributed by atoms with Crippen molar-refractivity contribution in [3.8, 4) is 17.6 Å². The number of fused-ring (bicyclic) bond motifs is 3. The molecule has 0 saturated heterocycles. The van der Waals surface area contributed by atoms with E-state index in [0.717, 1.165) is 40.3 Å². The molecule has 3 atom stereocenters. The highest BCUT2D eigenvalue weighted by Crippen LogP contribution is 2.59. The third-order valence-electron chi connectivity index (χ3n) is 7.63. The lowest BCUT2D eigenvalue weighted by atomic mass is 9.87. The smallest absolute Gasteiger partial charge is 0.192 e. The van der Waals surface area contributed by atoms with E-state index in [4.69, 9.17) is 19.6 Å². The van der Waals surface area contributed by atoms with Gasteiger partial charge in [-0.3, -0.25) is 4.90 Å². The summed E-state index contributed by atoms with van der Waals surface area (Å²) in [4.78, 5) is 2.47. The van der Waals surface area contributed by atoms with Crippen LogP contribution in [0.25, 0.3) is 11.0 Å². The number of rotatable bonds is 3. The van der Waals surface area contributed by atoms with Gasteiger partial charge < -0.3 is 19.6 Å². The van der Waals surface area contributed by atoms with Gasteiger partial charge in [0.1, 0.15) is 10.3 Å². The first-order valence-corrected chi connectivity index (χ1v) is 14.0. The summed E-state index contributed by atoms with van der Waals surface area (Å²) in [5, 5.41) is 11.1. The molecule has 0 bridgehead atoms. The van der Waals surface area contributed by atoms with E-state index in [1.165, 1.54) is 7.11 Å². The standard InChI is InChI=1S/C26H25N3O5S2/c1-29-9-8-14-12-34-23-19(33-3)6-4-13(20(14)23)10-17(29)15-5-7-18(32-2)22-21-16(11-27)25(28)35-26(21)36(30,31)24(15)22/h4-7,12,17,21,26H,8-10,28H2,1-3H3. The maximum absolute atomic E-state index is 14.0. The summed E-state index contributed by atoms with van der Waals surface area (Å²) in [5.41, 5.74) is 10.5. The van der Waals surface area contributed by atoms with Crippen molar-refractivity contribution in [2.24, 2.45) is 5.73 Å². The molecule has 0 fully saturated rings. The zero-order valence-electron chi connectivity index (χ0n) is 20.1. The van der Waals surface area contributed by atoms with E-state index in [0.29, 0.717) is 41.2 Å². The number of thioether (sulfide) groups is 1.